The van der Waals surface area contributed by atoms with Gasteiger partial charge in [0.2, 0.25) is 11.8 Å². The number of nitrogens with zero attached hydrogens (tertiary/aromatic N) is 2. The molecule has 1 N–H and O–H groups in total. The molecule has 1 unspecified atom stereocenters. The number of halogens is 2. The first kappa shape index (κ1) is 29.5. The lowest BCUT2D eigenvalue weighted by atomic mass is 10.1. The molecule has 0 aliphatic rings. The highest BCUT2D eigenvalue weighted by atomic mass is 35.5. The Morgan fingerprint density at radius 2 is 1.47 bits per heavy atom. The fraction of sp³-hybridized carbons (Fsp3) is 0.286. The molecule has 0 saturated carbocycles. The van der Waals surface area contributed by atoms with Gasteiger partial charge in [-0.3, -0.25) is 13.9 Å². The van der Waals surface area contributed by atoms with E-state index in [9.17, 15) is 18.0 Å². The van der Waals surface area contributed by atoms with Gasteiger partial charge in [0.15, 0.2) is 0 Å². The van der Waals surface area contributed by atoms with Crippen LogP contribution in [0.15, 0.2) is 83.8 Å². The second-order valence-electron chi connectivity index (χ2n) is 9.84. The first-order valence-electron chi connectivity index (χ1n) is 12.0. The van der Waals surface area contributed by atoms with Crippen molar-refractivity contribution in [3.63, 3.8) is 0 Å². The van der Waals surface area contributed by atoms with Crippen LogP contribution in [0.2, 0.25) is 10.0 Å². The Labute approximate surface area is 234 Å². The lowest BCUT2D eigenvalue weighted by Crippen LogP contribution is -2.54. The van der Waals surface area contributed by atoms with Crippen molar-refractivity contribution >= 4 is 50.7 Å². The molecule has 0 aromatic heterocycles. The second-order valence-corrected chi connectivity index (χ2v) is 12.5. The third-order valence-corrected chi connectivity index (χ3v) is 8.01. The molecule has 0 spiro atoms. The molecular weight excluding hydrogens is 545 g/mol. The van der Waals surface area contributed by atoms with E-state index in [1.807, 2.05) is 20.8 Å². The number of benzene rings is 3. The second kappa shape index (κ2) is 12.2. The first-order valence-corrected chi connectivity index (χ1v) is 14.2. The third kappa shape index (κ3) is 7.49. The number of para-hydroxylation sites is 1. The third-order valence-electron chi connectivity index (χ3n) is 5.66. The molecule has 0 radical (unpaired) electrons. The molecule has 7 nitrogen and oxygen atoms in total. The van der Waals surface area contributed by atoms with Crippen LogP contribution in [0.25, 0.3) is 0 Å². The van der Waals surface area contributed by atoms with E-state index in [1.165, 1.54) is 23.1 Å². The van der Waals surface area contributed by atoms with E-state index in [1.54, 1.807) is 67.6 Å². The summed E-state index contributed by atoms with van der Waals surface area (Å²) >= 11 is 12.4. The van der Waals surface area contributed by atoms with Gasteiger partial charge in [-0.2, -0.15) is 0 Å². The molecule has 38 heavy (non-hydrogen) atoms. The molecule has 0 bridgehead atoms. The lowest BCUT2D eigenvalue weighted by molar-refractivity contribution is -0.140. The molecule has 0 aliphatic heterocycles. The van der Waals surface area contributed by atoms with Crippen LogP contribution in [0, 0.1) is 0 Å². The average molecular weight is 577 g/mol. The monoisotopic (exact) mass is 575 g/mol. The zero-order valence-electron chi connectivity index (χ0n) is 21.7. The predicted molar refractivity (Wildman–Crippen MR) is 152 cm³/mol. The highest BCUT2D eigenvalue weighted by molar-refractivity contribution is 7.92. The number of nitrogens with one attached hydrogen (secondary N) is 1. The molecule has 3 aromatic rings. The van der Waals surface area contributed by atoms with Gasteiger partial charge in [-0.05, 0) is 69.7 Å². The molecule has 0 fully saturated rings. The standard InChI is InChI=1S/C28H31Cl2N3O4S/c1-20(27(35)31-28(2,3)4)32(18-21-14-16-22(29)17-15-21)26(34)19-33(25-13-9-8-12-24(25)30)38(36,37)23-10-6-5-7-11-23/h5-17,20H,18-19H2,1-4H3,(H,31,35). The van der Waals surface area contributed by atoms with Crippen molar-refractivity contribution in [2.75, 3.05) is 10.8 Å². The summed E-state index contributed by atoms with van der Waals surface area (Å²) in [6.45, 7) is 6.64. The number of sulfonamides is 1. The van der Waals surface area contributed by atoms with Crippen LogP contribution in [0.1, 0.15) is 33.3 Å². The SMILES string of the molecule is CC(C(=O)NC(C)(C)C)N(Cc1ccc(Cl)cc1)C(=O)CN(c1ccccc1Cl)S(=O)(=O)c1ccccc1. The smallest absolute Gasteiger partial charge is 0.264 e. The lowest BCUT2D eigenvalue weighted by Gasteiger charge is -2.33. The van der Waals surface area contributed by atoms with E-state index in [0.29, 0.717) is 5.02 Å². The van der Waals surface area contributed by atoms with Crippen LogP contribution in [0.3, 0.4) is 0 Å². The maximum absolute atomic E-state index is 13.9. The molecular formula is C28H31Cl2N3O4S. The van der Waals surface area contributed by atoms with Gasteiger partial charge in [0.25, 0.3) is 10.0 Å². The highest BCUT2D eigenvalue weighted by Crippen LogP contribution is 2.30. The van der Waals surface area contributed by atoms with Gasteiger partial charge in [0.05, 0.1) is 15.6 Å². The number of amides is 2. The molecule has 0 saturated heterocycles. The van der Waals surface area contributed by atoms with E-state index in [0.717, 1.165) is 9.87 Å². The summed E-state index contributed by atoms with van der Waals surface area (Å²) in [4.78, 5) is 28.3. The summed E-state index contributed by atoms with van der Waals surface area (Å²) in [7, 11) is -4.18. The number of carbonyl (C=O) groups excluding carboxylic acids is 2. The molecule has 0 aliphatic carbocycles. The molecule has 0 heterocycles. The Balaban J connectivity index is 2.03. The summed E-state index contributed by atoms with van der Waals surface area (Å²) in [5.41, 5.74) is 0.360. The van der Waals surface area contributed by atoms with Gasteiger partial charge in [0, 0.05) is 17.1 Å². The summed E-state index contributed by atoms with van der Waals surface area (Å²) in [5.74, 6) is -0.939. The van der Waals surface area contributed by atoms with Crippen molar-refractivity contribution in [2.24, 2.45) is 0 Å². The van der Waals surface area contributed by atoms with E-state index in [-0.39, 0.29) is 28.1 Å². The van der Waals surface area contributed by atoms with E-state index < -0.39 is 34.1 Å². The van der Waals surface area contributed by atoms with Crippen molar-refractivity contribution in [2.45, 2.75) is 50.7 Å². The predicted octanol–water partition coefficient (Wildman–Crippen LogP) is 5.52. The van der Waals surface area contributed by atoms with Gasteiger partial charge in [0.1, 0.15) is 12.6 Å². The Hall–Kier alpha value is -3.07. The number of rotatable bonds is 9. The molecule has 3 aromatic carbocycles. The fourth-order valence-corrected chi connectivity index (χ4v) is 5.60. The van der Waals surface area contributed by atoms with E-state index in [4.69, 9.17) is 23.2 Å². The Bertz CT molecular complexity index is 1380. The van der Waals surface area contributed by atoms with Crippen LogP contribution in [0.4, 0.5) is 5.69 Å². The minimum Gasteiger partial charge on any atom is -0.350 e. The largest absolute Gasteiger partial charge is 0.350 e. The number of hydrogen-bond acceptors (Lipinski definition) is 4. The van der Waals surface area contributed by atoms with Crippen molar-refractivity contribution in [3.05, 3.63) is 94.5 Å². The summed E-state index contributed by atoms with van der Waals surface area (Å²) < 4.78 is 28.4. The number of carbonyl (C=O) groups is 2. The fourth-order valence-electron chi connectivity index (χ4n) is 3.73. The van der Waals surface area contributed by atoms with Gasteiger partial charge in [-0.25, -0.2) is 8.42 Å². The summed E-state index contributed by atoms with van der Waals surface area (Å²) in [6, 6.07) is 20.2. The zero-order chi connectivity index (χ0) is 28.1. The van der Waals surface area contributed by atoms with Crippen molar-refractivity contribution in [3.8, 4) is 0 Å². The van der Waals surface area contributed by atoms with Crippen molar-refractivity contribution in [1.29, 1.82) is 0 Å². The van der Waals surface area contributed by atoms with Crippen LogP contribution in [-0.2, 0) is 26.2 Å². The van der Waals surface area contributed by atoms with Crippen molar-refractivity contribution in [1.82, 2.24) is 10.2 Å². The highest BCUT2D eigenvalue weighted by Gasteiger charge is 2.34. The van der Waals surface area contributed by atoms with Crippen LogP contribution in [-0.4, -0.2) is 43.3 Å². The molecule has 10 heteroatoms. The maximum atomic E-state index is 13.9. The van der Waals surface area contributed by atoms with E-state index in [2.05, 4.69) is 5.32 Å². The Morgan fingerprint density at radius 1 is 0.895 bits per heavy atom. The molecule has 2 amide bonds. The normalized spacial score (nSPS) is 12.5. The van der Waals surface area contributed by atoms with Gasteiger partial charge < -0.3 is 10.2 Å². The minimum absolute atomic E-state index is 0.00972. The summed E-state index contributed by atoms with van der Waals surface area (Å²) in [6.07, 6.45) is 0. The van der Waals surface area contributed by atoms with Crippen LogP contribution >= 0.6 is 23.2 Å². The van der Waals surface area contributed by atoms with Gasteiger partial charge >= 0.3 is 0 Å². The average Bonchev–Trinajstić information content (AvgIpc) is 2.86. The molecule has 3 rings (SSSR count). The van der Waals surface area contributed by atoms with E-state index >= 15 is 0 Å². The maximum Gasteiger partial charge on any atom is 0.264 e. The zero-order valence-corrected chi connectivity index (χ0v) is 24.0. The van der Waals surface area contributed by atoms with Crippen molar-refractivity contribution < 1.29 is 18.0 Å². The minimum atomic E-state index is -4.18. The first-order chi connectivity index (χ1) is 17.8. The van der Waals surface area contributed by atoms with Gasteiger partial charge in [-0.15, -0.1) is 0 Å². The molecule has 1 atom stereocenters. The Morgan fingerprint density at radius 3 is 2.05 bits per heavy atom. The Kier molecular flexibility index (Phi) is 9.46. The van der Waals surface area contributed by atoms with Crippen LogP contribution in [0.5, 0.6) is 0 Å². The number of anilines is 1. The van der Waals surface area contributed by atoms with Gasteiger partial charge in [-0.1, -0.05) is 65.7 Å². The topological polar surface area (TPSA) is 86.8 Å². The number of hydrogen-bond donors (Lipinski definition) is 1. The van der Waals surface area contributed by atoms with Crippen LogP contribution < -0.4 is 9.62 Å². The quantitative estimate of drug-likeness (QED) is 0.364. The molecule has 202 valence electrons. The summed E-state index contributed by atoms with van der Waals surface area (Å²) in [5, 5.41) is 3.59.